The number of nitrogens with zero attached hydrogens (tertiary/aromatic N) is 2. The summed E-state index contributed by atoms with van der Waals surface area (Å²) in [5, 5.41) is 13.5. The summed E-state index contributed by atoms with van der Waals surface area (Å²) in [6, 6.07) is 7.40. The summed E-state index contributed by atoms with van der Waals surface area (Å²) in [6.07, 6.45) is -0.170. The number of benzene rings is 1. The van der Waals surface area contributed by atoms with E-state index in [1.807, 2.05) is 24.3 Å². The third kappa shape index (κ3) is 1.67. The van der Waals surface area contributed by atoms with E-state index >= 15 is 0 Å². The third-order valence-corrected chi connectivity index (χ3v) is 2.40. The topological polar surface area (TPSA) is 72.2 Å². The average Bonchev–Trinajstić information content (AvgIpc) is 2.57. The van der Waals surface area contributed by atoms with Crippen LogP contribution < -0.4 is 0 Å². The zero-order valence-corrected chi connectivity index (χ0v) is 8.67. The lowest BCUT2D eigenvalue weighted by Crippen LogP contribution is -2.15. The second-order valence-electron chi connectivity index (χ2n) is 3.49. The Morgan fingerprint density at radius 1 is 1.38 bits per heavy atom. The molecule has 0 saturated heterocycles. The smallest absolute Gasteiger partial charge is 0.372 e. The number of aliphatic carboxylic acids is 1. The first-order valence-electron chi connectivity index (χ1n) is 4.76. The van der Waals surface area contributed by atoms with Crippen molar-refractivity contribution in [3.63, 3.8) is 0 Å². The van der Waals surface area contributed by atoms with Crippen molar-refractivity contribution in [1.82, 2.24) is 9.78 Å². The van der Waals surface area contributed by atoms with Gasteiger partial charge in [-0.25, -0.2) is 4.79 Å². The Balaban J connectivity index is 2.46. The van der Waals surface area contributed by atoms with E-state index in [-0.39, 0.29) is 6.42 Å². The van der Waals surface area contributed by atoms with Crippen LogP contribution in [0, 0.1) is 0 Å². The number of para-hydroxylation sites is 1. The van der Waals surface area contributed by atoms with Gasteiger partial charge < -0.3 is 5.11 Å². The molecule has 1 aromatic carbocycles. The number of carboxylic acid groups (broad SMARTS) is 1. The highest BCUT2D eigenvalue weighted by Gasteiger charge is 2.16. The molecule has 0 atom stereocenters. The van der Waals surface area contributed by atoms with E-state index in [1.165, 1.54) is 0 Å². The van der Waals surface area contributed by atoms with Crippen molar-refractivity contribution in [1.29, 1.82) is 0 Å². The van der Waals surface area contributed by atoms with Crippen molar-refractivity contribution in [2.75, 3.05) is 0 Å². The molecule has 0 aliphatic rings. The van der Waals surface area contributed by atoms with Gasteiger partial charge in [-0.1, -0.05) is 18.2 Å². The van der Waals surface area contributed by atoms with E-state index in [1.54, 1.807) is 11.7 Å². The normalized spacial score (nSPS) is 10.6. The van der Waals surface area contributed by atoms with E-state index in [4.69, 9.17) is 5.11 Å². The molecular weight excluding hydrogens is 208 g/mol. The van der Waals surface area contributed by atoms with Crippen LogP contribution in [0.25, 0.3) is 10.9 Å². The molecule has 0 radical (unpaired) electrons. The van der Waals surface area contributed by atoms with Crippen molar-refractivity contribution in [2.45, 2.75) is 6.42 Å². The molecule has 5 heteroatoms. The van der Waals surface area contributed by atoms with Crippen LogP contribution in [0.15, 0.2) is 24.3 Å². The molecule has 0 unspecified atom stereocenters. The summed E-state index contributed by atoms with van der Waals surface area (Å²) < 4.78 is 1.64. The maximum absolute atomic E-state index is 11.1. The Morgan fingerprint density at radius 2 is 2.06 bits per heavy atom. The zero-order chi connectivity index (χ0) is 11.7. The molecule has 0 saturated carbocycles. The number of hydrogen-bond donors (Lipinski definition) is 1. The minimum absolute atomic E-state index is 0.170. The van der Waals surface area contributed by atoms with E-state index in [9.17, 15) is 9.59 Å². The number of aromatic nitrogens is 2. The highest BCUT2D eigenvalue weighted by atomic mass is 16.4. The van der Waals surface area contributed by atoms with E-state index < -0.39 is 11.8 Å². The Kier molecular flexibility index (Phi) is 2.44. The number of carboxylic acids is 1. The van der Waals surface area contributed by atoms with Crippen LogP contribution in [0.1, 0.15) is 5.69 Å². The third-order valence-electron chi connectivity index (χ3n) is 2.40. The van der Waals surface area contributed by atoms with Crippen molar-refractivity contribution in [3.8, 4) is 0 Å². The molecular formula is C11H10N2O3. The predicted molar refractivity (Wildman–Crippen MR) is 57.1 cm³/mol. The first kappa shape index (κ1) is 10.4. The van der Waals surface area contributed by atoms with Crippen LogP contribution >= 0.6 is 0 Å². The SMILES string of the molecule is Cn1nc(CC(=O)C(=O)O)c2ccccc21. The fourth-order valence-corrected chi connectivity index (χ4v) is 1.65. The van der Waals surface area contributed by atoms with Crippen molar-refractivity contribution < 1.29 is 14.7 Å². The van der Waals surface area contributed by atoms with Crippen molar-refractivity contribution in [2.24, 2.45) is 7.05 Å². The fourth-order valence-electron chi connectivity index (χ4n) is 1.65. The molecule has 1 aromatic heterocycles. The van der Waals surface area contributed by atoms with E-state index in [2.05, 4.69) is 5.10 Å². The Morgan fingerprint density at radius 3 is 2.75 bits per heavy atom. The molecule has 16 heavy (non-hydrogen) atoms. The number of hydrogen-bond acceptors (Lipinski definition) is 3. The number of ketones is 1. The minimum Gasteiger partial charge on any atom is -0.475 e. The summed E-state index contributed by atoms with van der Waals surface area (Å²) in [7, 11) is 1.76. The first-order valence-corrected chi connectivity index (χ1v) is 4.76. The van der Waals surface area contributed by atoms with E-state index in [0.717, 1.165) is 10.9 Å². The van der Waals surface area contributed by atoms with Gasteiger partial charge in [0.2, 0.25) is 5.78 Å². The van der Waals surface area contributed by atoms with Gasteiger partial charge in [-0.15, -0.1) is 0 Å². The number of rotatable bonds is 3. The van der Waals surface area contributed by atoms with Gasteiger partial charge in [0.15, 0.2) is 0 Å². The molecule has 1 N–H and O–H groups in total. The molecule has 2 aromatic rings. The zero-order valence-electron chi connectivity index (χ0n) is 8.67. The first-order chi connectivity index (χ1) is 7.59. The van der Waals surface area contributed by atoms with Gasteiger partial charge in [0.25, 0.3) is 0 Å². The van der Waals surface area contributed by atoms with Crippen LogP contribution in [-0.2, 0) is 23.1 Å². The van der Waals surface area contributed by atoms with Gasteiger partial charge in [0, 0.05) is 12.4 Å². The summed E-state index contributed by atoms with van der Waals surface area (Å²) in [5.74, 6) is -2.27. The van der Waals surface area contributed by atoms with Crippen molar-refractivity contribution in [3.05, 3.63) is 30.0 Å². The number of Topliss-reactive ketones (excluding diaryl/α,β-unsaturated/α-hetero) is 1. The lowest BCUT2D eigenvalue weighted by atomic mass is 10.1. The molecule has 0 aliphatic carbocycles. The van der Waals surface area contributed by atoms with Crippen molar-refractivity contribution >= 4 is 22.7 Å². The van der Waals surface area contributed by atoms with Gasteiger partial charge in [0.1, 0.15) is 0 Å². The second-order valence-corrected chi connectivity index (χ2v) is 3.49. The van der Waals surface area contributed by atoms with Crippen LogP contribution in [0.4, 0.5) is 0 Å². The molecule has 0 bridgehead atoms. The van der Waals surface area contributed by atoms with E-state index in [0.29, 0.717) is 5.69 Å². The fraction of sp³-hybridized carbons (Fsp3) is 0.182. The second kappa shape index (κ2) is 3.77. The molecule has 0 amide bonds. The molecule has 82 valence electrons. The summed E-state index contributed by atoms with van der Waals surface area (Å²) in [4.78, 5) is 21.6. The lowest BCUT2D eigenvalue weighted by molar-refractivity contribution is -0.148. The Bertz CT molecular complexity index is 572. The Hall–Kier alpha value is -2.17. The standard InChI is InChI=1S/C11H10N2O3/c1-13-9-5-3-2-4-7(9)8(12-13)6-10(14)11(15)16/h2-5H,6H2,1H3,(H,15,16). The average molecular weight is 218 g/mol. The highest BCUT2D eigenvalue weighted by molar-refractivity contribution is 6.33. The summed E-state index contributed by atoms with van der Waals surface area (Å²) in [5.41, 5.74) is 1.39. The molecule has 0 fully saturated rings. The quantitative estimate of drug-likeness (QED) is 0.772. The molecule has 5 nitrogen and oxygen atoms in total. The summed E-state index contributed by atoms with van der Waals surface area (Å²) >= 11 is 0. The van der Waals surface area contributed by atoms with Crippen LogP contribution in [0.3, 0.4) is 0 Å². The maximum atomic E-state index is 11.1. The summed E-state index contributed by atoms with van der Waals surface area (Å²) in [6.45, 7) is 0. The molecule has 1 heterocycles. The predicted octanol–water partition coefficient (Wildman–Crippen LogP) is 0.769. The van der Waals surface area contributed by atoms with Gasteiger partial charge >= 0.3 is 5.97 Å². The number of aryl methyl sites for hydroxylation is 1. The van der Waals surface area contributed by atoms with Gasteiger partial charge in [-0.3, -0.25) is 9.48 Å². The number of carbonyl (C=O) groups is 2. The van der Waals surface area contributed by atoms with Crippen LogP contribution in [-0.4, -0.2) is 26.6 Å². The number of carbonyl (C=O) groups excluding carboxylic acids is 1. The number of fused-ring (bicyclic) bond motifs is 1. The molecule has 2 rings (SSSR count). The van der Waals surface area contributed by atoms with Gasteiger partial charge in [-0.05, 0) is 6.07 Å². The van der Waals surface area contributed by atoms with Crippen LogP contribution in [0.5, 0.6) is 0 Å². The molecule has 0 aliphatic heterocycles. The lowest BCUT2D eigenvalue weighted by Gasteiger charge is -1.92. The highest BCUT2D eigenvalue weighted by Crippen LogP contribution is 2.17. The minimum atomic E-state index is -1.42. The maximum Gasteiger partial charge on any atom is 0.372 e. The van der Waals surface area contributed by atoms with Gasteiger partial charge in [-0.2, -0.15) is 5.10 Å². The monoisotopic (exact) mass is 218 g/mol. The van der Waals surface area contributed by atoms with Crippen LogP contribution in [0.2, 0.25) is 0 Å². The Labute approximate surface area is 91.3 Å². The largest absolute Gasteiger partial charge is 0.475 e. The molecule has 0 spiro atoms. The van der Waals surface area contributed by atoms with Gasteiger partial charge in [0.05, 0.1) is 17.6 Å².